The summed E-state index contributed by atoms with van der Waals surface area (Å²) in [6, 6.07) is 0. The maximum Gasteiger partial charge on any atom is 0.137 e. The smallest absolute Gasteiger partial charge is 0.137 e. The highest BCUT2D eigenvalue weighted by atomic mass is 16.3. The van der Waals surface area contributed by atoms with Crippen molar-refractivity contribution < 1.29 is 24.9 Å². The van der Waals surface area contributed by atoms with Crippen molar-refractivity contribution in [2.24, 2.45) is 0 Å². The van der Waals surface area contributed by atoms with E-state index >= 15 is 0 Å². The van der Waals surface area contributed by atoms with Gasteiger partial charge < -0.3 is 15.3 Å². The molecule has 0 radical (unpaired) electrons. The number of carbonyl (C=O) groups excluding carboxylic acids is 2. The Hall–Kier alpha value is -0.780. The fourth-order valence-corrected chi connectivity index (χ4v) is 0.351. The summed E-state index contributed by atoms with van der Waals surface area (Å²) in [5, 5.41) is 22.7. The summed E-state index contributed by atoms with van der Waals surface area (Å²) in [6.45, 7) is 8.60. The van der Waals surface area contributed by atoms with Gasteiger partial charge in [0.05, 0.1) is 6.42 Å². The van der Waals surface area contributed by atoms with E-state index in [-0.39, 0.29) is 37.8 Å². The molecule has 0 atom stereocenters. The van der Waals surface area contributed by atoms with E-state index < -0.39 is 0 Å². The predicted molar refractivity (Wildman–Crippen MR) is 64.3 cm³/mol. The Bertz CT molecular complexity index is 118. The van der Waals surface area contributed by atoms with E-state index in [0.29, 0.717) is 0 Å². The molecule has 0 rings (SSSR count). The van der Waals surface area contributed by atoms with Gasteiger partial charge in [-0.05, 0) is 34.6 Å². The molecular weight excluding hydrogens is 212 g/mol. The van der Waals surface area contributed by atoms with Crippen LogP contribution in [0, 0.1) is 0 Å². The molecule has 3 N–H and O–H groups in total. The second kappa shape index (κ2) is 29.2. The van der Waals surface area contributed by atoms with Gasteiger partial charge in [0.25, 0.3) is 0 Å². The molecule has 100 valence electrons. The first kappa shape index (κ1) is 24.4. The van der Waals surface area contributed by atoms with E-state index in [9.17, 15) is 9.59 Å². The number of rotatable bonds is 2. The van der Waals surface area contributed by atoms with Crippen molar-refractivity contribution in [2.75, 3.05) is 19.8 Å². The third-order valence-electron chi connectivity index (χ3n) is 0.498. The second-order valence-electron chi connectivity index (χ2n) is 2.53. The average Bonchev–Trinajstić information content (AvgIpc) is 2.04. The largest absolute Gasteiger partial charge is 0.397 e. The lowest BCUT2D eigenvalue weighted by Crippen LogP contribution is -1.97. The van der Waals surface area contributed by atoms with Crippen LogP contribution in [-0.2, 0) is 9.59 Å². The normalized spacial score (nSPS) is 7.00. The SMILES string of the molecule is CC(=O)CC(C)=O.CCO.CCO.CCO. The van der Waals surface area contributed by atoms with Gasteiger partial charge in [0.1, 0.15) is 11.6 Å². The summed E-state index contributed by atoms with van der Waals surface area (Å²) >= 11 is 0. The molecule has 0 saturated heterocycles. The Morgan fingerprint density at radius 3 is 0.875 bits per heavy atom. The highest BCUT2D eigenvalue weighted by Crippen LogP contribution is 1.80. The predicted octanol–water partition coefficient (Wildman–Crippen LogP) is 0.550. The summed E-state index contributed by atoms with van der Waals surface area (Å²) in [5.74, 6) is -0.125. The first-order chi connectivity index (χ1) is 7.37. The van der Waals surface area contributed by atoms with Crippen molar-refractivity contribution in [2.45, 2.75) is 41.0 Å². The third-order valence-corrected chi connectivity index (χ3v) is 0.498. The number of carbonyl (C=O) groups is 2. The summed E-state index contributed by atoms with van der Waals surface area (Å²) in [4.78, 5) is 20.1. The highest BCUT2D eigenvalue weighted by Gasteiger charge is 1.94. The van der Waals surface area contributed by atoms with Gasteiger partial charge in [-0.2, -0.15) is 0 Å². The molecule has 16 heavy (non-hydrogen) atoms. The Balaban J connectivity index is -0.0000000677. The summed E-state index contributed by atoms with van der Waals surface area (Å²) in [7, 11) is 0. The monoisotopic (exact) mass is 238 g/mol. The minimum Gasteiger partial charge on any atom is -0.397 e. The van der Waals surface area contributed by atoms with Crippen LogP contribution >= 0.6 is 0 Å². The lowest BCUT2D eigenvalue weighted by atomic mass is 10.2. The number of hydrogen-bond donors (Lipinski definition) is 3. The van der Waals surface area contributed by atoms with E-state index in [4.69, 9.17) is 15.3 Å². The Morgan fingerprint density at radius 2 is 0.875 bits per heavy atom. The molecular formula is C11H26O5. The summed E-state index contributed by atoms with van der Waals surface area (Å²) in [5.41, 5.74) is 0. The molecule has 5 nitrogen and oxygen atoms in total. The van der Waals surface area contributed by atoms with Gasteiger partial charge >= 0.3 is 0 Å². The minimum atomic E-state index is -0.0625. The van der Waals surface area contributed by atoms with Crippen molar-refractivity contribution in [1.82, 2.24) is 0 Å². The second-order valence-corrected chi connectivity index (χ2v) is 2.53. The fourth-order valence-electron chi connectivity index (χ4n) is 0.351. The zero-order valence-electron chi connectivity index (χ0n) is 11.0. The van der Waals surface area contributed by atoms with Crippen LogP contribution in [0.4, 0.5) is 0 Å². The minimum absolute atomic E-state index is 0.0625. The number of aliphatic hydroxyl groups excluding tert-OH is 3. The molecule has 0 aromatic rings. The first-order valence-electron chi connectivity index (χ1n) is 5.19. The van der Waals surface area contributed by atoms with Crippen LogP contribution in [0.2, 0.25) is 0 Å². The molecule has 0 aromatic heterocycles. The van der Waals surface area contributed by atoms with Gasteiger partial charge in [-0.3, -0.25) is 9.59 Å². The molecule has 0 spiro atoms. The van der Waals surface area contributed by atoms with Gasteiger partial charge in [-0.15, -0.1) is 0 Å². The Labute approximate surface area is 98.1 Å². The van der Waals surface area contributed by atoms with Gasteiger partial charge in [-0.1, -0.05) is 0 Å². The van der Waals surface area contributed by atoms with Gasteiger partial charge in [-0.25, -0.2) is 0 Å². The molecule has 5 heteroatoms. The highest BCUT2D eigenvalue weighted by molar-refractivity contribution is 5.96. The standard InChI is InChI=1S/C5H8O2.3C2H6O/c1-4(6)3-5(2)7;3*1-2-3/h3H2,1-2H3;3*3H,2H2,1H3. The lowest BCUT2D eigenvalue weighted by Gasteiger charge is -1.81. The van der Waals surface area contributed by atoms with Crippen LogP contribution in [-0.4, -0.2) is 46.7 Å². The molecule has 0 bridgehead atoms. The maximum atomic E-state index is 10.0. The maximum absolute atomic E-state index is 10.0. The molecule has 0 saturated carbocycles. The topological polar surface area (TPSA) is 94.8 Å². The van der Waals surface area contributed by atoms with E-state index in [1.165, 1.54) is 13.8 Å². The quantitative estimate of drug-likeness (QED) is 0.611. The molecule has 0 aromatic carbocycles. The zero-order chi connectivity index (χ0) is 14.0. The average molecular weight is 238 g/mol. The molecule has 0 aliphatic heterocycles. The van der Waals surface area contributed by atoms with E-state index in [0.717, 1.165) is 0 Å². The van der Waals surface area contributed by atoms with Crippen LogP contribution in [0.5, 0.6) is 0 Å². The van der Waals surface area contributed by atoms with Crippen LogP contribution in [0.3, 0.4) is 0 Å². The molecule has 0 aliphatic rings. The number of hydrogen-bond acceptors (Lipinski definition) is 5. The van der Waals surface area contributed by atoms with Gasteiger partial charge in [0.2, 0.25) is 0 Å². The summed E-state index contributed by atoms with van der Waals surface area (Å²) in [6.07, 6.45) is 0.0833. The van der Waals surface area contributed by atoms with E-state index in [1.807, 2.05) is 0 Å². The van der Waals surface area contributed by atoms with Gasteiger partial charge in [0.15, 0.2) is 0 Å². The molecule has 0 unspecified atom stereocenters. The van der Waals surface area contributed by atoms with Crippen molar-refractivity contribution in [3.05, 3.63) is 0 Å². The van der Waals surface area contributed by atoms with Crippen molar-refractivity contribution in [1.29, 1.82) is 0 Å². The number of Topliss-reactive ketones (excluding diaryl/α,β-unsaturated/α-hetero) is 2. The molecule has 0 fully saturated rings. The molecule has 0 amide bonds. The third kappa shape index (κ3) is 190. The van der Waals surface area contributed by atoms with Crippen molar-refractivity contribution >= 4 is 11.6 Å². The number of aliphatic hydroxyl groups is 3. The van der Waals surface area contributed by atoms with Crippen LogP contribution in [0.1, 0.15) is 41.0 Å². The van der Waals surface area contributed by atoms with Gasteiger partial charge in [0, 0.05) is 19.8 Å². The van der Waals surface area contributed by atoms with Crippen molar-refractivity contribution in [3.63, 3.8) is 0 Å². The van der Waals surface area contributed by atoms with Crippen LogP contribution < -0.4 is 0 Å². The number of ketones is 2. The van der Waals surface area contributed by atoms with Crippen molar-refractivity contribution in [3.8, 4) is 0 Å². The fraction of sp³-hybridized carbons (Fsp3) is 0.818. The lowest BCUT2D eigenvalue weighted by molar-refractivity contribution is -0.124. The van der Waals surface area contributed by atoms with E-state index in [2.05, 4.69) is 0 Å². The Morgan fingerprint density at radius 1 is 0.750 bits per heavy atom. The van der Waals surface area contributed by atoms with Crippen LogP contribution in [0.15, 0.2) is 0 Å². The molecule has 0 heterocycles. The zero-order valence-corrected chi connectivity index (χ0v) is 11.0. The van der Waals surface area contributed by atoms with E-state index in [1.54, 1.807) is 20.8 Å². The molecule has 0 aliphatic carbocycles. The Kier molecular flexibility index (Phi) is 44.7. The van der Waals surface area contributed by atoms with Crippen LogP contribution in [0.25, 0.3) is 0 Å². The first-order valence-corrected chi connectivity index (χ1v) is 5.19. The summed E-state index contributed by atoms with van der Waals surface area (Å²) < 4.78 is 0.